The molecule has 13 nitrogen and oxygen atoms in total. The number of alkyl halides is 2. The minimum absolute atomic E-state index is 0.102. The van der Waals surface area contributed by atoms with Crippen molar-refractivity contribution in [2.75, 3.05) is 19.0 Å². The second-order valence-electron chi connectivity index (χ2n) is 10.0. The van der Waals surface area contributed by atoms with Crippen molar-refractivity contribution in [3.63, 3.8) is 0 Å². The molecule has 0 radical (unpaired) electrons. The van der Waals surface area contributed by atoms with Gasteiger partial charge in [0.25, 0.3) is 10.7 Å². The second kappa shape index (κ2) is 13.4. The number of aromatic nitrogens is 2. The van der Waals surface area contributed by atoms with Gasteiger partial charge in [0.05, 0.1) is 19.3 Å². The van der Waals surface area contributed by atoms with E-state index in [1.165, 1.54) is 6.92 Å². The van der Waals surface area contributed by atoms with Crippen LogP contribution < -0.4 is 16.3 Å². The molecule has 17 heteroatoms. The van der Waals surface area contributed by atoms with Gasteiger partial charge in [-0.1, -0.05) is 44.1 Å². The van der Waals surface area contributed by atoms with E-state index in [0.717, 1.165) is 24.0 Å². The van der Waals surface area contributed by atoms with Crippen LogP contribution in [0.15, 0.2) is 21.9 Å². The molecule has 0 bridgehead atoms. The highest BCUT2D eigenvalue weighted by Crippen LogP contribution is 2.48. The number of carbonyl (C=O) groups is 2. The van der Waals surface area contributed by atoms with E-state index < -0.39 is 72.7 Å². The maximum Gasteiger partial charge on any atom is 0.406 e. The lowest BCUT2D eigenvalue weighted by molar-refractivity contribution is -0.149. The summed E-state index contributed by atoms with van der Waals surface area (Å²) in [6.07, 6.45) is -5.02. The number of aliphatic hydroxyl groups is 1. The molecule has 2 heterocycles. The summed E-state index contributed by atoms with van der Waals surface area (Å²) >= 11 is 6.81. The van der Waals surface area contributed by atoms with Crippen LogP contribution in [0.3, 0.4) is 0 Å². The standard InChI is InChI=1S/C22H34ClFN3O10PS/c1-12(2)36-17(30)13(3)26-38(33,34-9-10-39-19(31)21(4,5)6)35-11-14-16(29)22(23,24)18(37-14)27-8-7-15(28)25-20(27)32/h7-8,12-14,16,18,29H,9-11H2,1-6H3,(H,26,33)(H,25,28,32)/t13-,14+,16+,18+,22+,38?/m0/s1. The minimum atomic E-state index is -4.35. The molecule has 0 aliphatic carbocycles. The first-order chi connectivity index (χ1) is 17.9. The maximum absolute atomic E-state index is 15.2. The first-order valence-electron chi connectivity index (χ1n) is 11.9. The van der Waals surface area contributed by atoms with Gasteiger partial charge in [-0.05, 0) is 20.8 Å². The molecule has 222 valence electrons. The molecule has 1 aliphatic rings. The van der Waals surface area contributed by atoms with Gasteiger partial charge in [-0.25, -0.2) is 18.8 Å². The van der Waals surface area contributed by atoms with Gasteiger partial charge < -0.3 is 14.6 Å². The van der Waals surface area contributed by atoms with Crippen LogP contribution in [0.2, 0.25) is 0 Å². The molecular weight excluding hydrogens is 584 g/mol. The Balaban J connectivity index is 2.16. The van der Waals surface area contributed by atoms with Gasteiger partial charge in [-0.15, -0.1) is 0 Å². The van der Waals surface area contributed by atoms with E-state index in [9.17, 15) is 28.8 Å². The Bertz CT molecular complexity index is 1190. The summed E-state index contributed by atoms with van der Waals surface area (Å²) in [5.74, 6) is -0.654. The molecule has 1 aromatic heterocycles. The molecule has 39 heavy (non-hydrogen) atoms. The number of hydrogen-bond donors (Lipinski definition) is 3. The van der Waals surface area contributed by atoms with E-state index in [1.807, 2.05) is 4.98 Å². The average Bonchev–Trinajstić information content (AvgIpc) is 3.03. The molecule has 0 amide bonds. The molecule has 1 fully saturated rings. The summed E-state index contributed by atoms with van der Waals surface area (Å²) in [4.78, 5) is 49.8. The first-order valence-corrected chi connectivity index (χ1v) is 14.9. The number of aliphatic hydroxyl groups excluding tert-OH is 1. The van der Waals surface area contributed by atoms with Crippen molar-refractivity contribution in [2.45, 2.75) is 77.3 Å². The Morgan fingerprint density at radius 2 is 1.97 bits per heavy atom. The number of nitrogens with one attached hydrogen (secondary N) is 2. The summed E-state index contributed by atoms with van der Waals surface area (Å²) in [6, 6.07) is -0.239. The topological polar surface area (TPSA) is 175 Å². The number of esters is 1. The zero-order chi connectivity index (χ0) is 29.8. The fourth-order valence-electron chi connectivity index (χ4n) is 3.13. The van der Waals surface area contributed by atoms with Crippen molar-refractivity contribution in [1.29, 1.82) is 0 Å². The Morgan fingerprint density at radius 3 is 2.54 bits per heavy atom. The molecule has 1 unspecified atom stereocenters. The normalized spacial score (nSPS) is 25.8. The zero-order valence-electron chi connectivity index (χ0n) is 22.3. The van der Waals surface area contributed by atoms with Crippen LogP contribution in [0.4, 0.5) is 4.39 Å². The molecule has 6 atom stereocenters. The number of nitrogens with zero attached hydrogens (tertiary/aromatic N) is 1. The number of halogens is 2. The number of thioether (sulfide) groups is 1. The lowest BCUT2D eigenvalue weighted by Gasteiger charge is -2.25. The smallest absolute Gasteiger partial charge is 0.406 e. The molecule has 3 N–H and O–H groups in total. The third kappa shape index (κ3) is 9.22. The zero-order valence-corrected chi connectivity index (χ0v) is 24.8. The highest BCUT2D eigenvalue weighted by Gasteiger charge is 2.58. The van der Waals surface area contributed by atoms with Gasteiger partial charge in [0, 0.05) is 23.4 Å². The Hall–Kier alpha value is -1.58. The van der Waals surface area contributed by atoms with E-state index in [1.54, 1.807) is 34.6 Å². The number of ether oxygens (including phenoxy) is 2. The summed E-state index contributed by atoms with van der Waals surface area (Å²) in [5.41, 5.74) is -2.40. The van der Waals surface area contributed by atoms with E-state index >= 15 is 4.39 Å². The van der Waals surface area contributed by atoms with E-state index in [-0.39, 0.29) is 17.5 Å². The van der Waals surface area contributed by atoms with Crippen LogP contribution in [-0.4, -0.2) is 74.2 Å². The van der Waals surface area contributed by atoms with Gasteiger partial charge in [0.2, 0.25) is 0 Å². The predicted octanol–water partition coefficient (Wildman–Crippen LogP) is 2.08. The molecule has 0 saturated carbocycles. The van der Waals surface area contributed by atoms with Crippen molar-refractivity contribution in [3.05, 3.63) is 33.1 Å². The van der Waals surface area contributed by atoms with Crippen LogP contribution in [0.25, 0.3) is 0 Å². The number of carbonyl (C=O) groups excluding carboxylic acids is 2. The molecule has 0 aromatic carbocycles. The van der Waals surface area contributed by atoms with Gasteiger partial charge in [-0.3, -0.25) is 33.0 Å². The van der Waals surface area contributed by atoms with Crippen molar-refractivity contribution in [3.8, 4) is 0 Å². The van der Waals surface area contributed by atoms with Gasteiger partial charge >= 0.3 is 19.4 Å². The van der Waals surface area contributed by atoms with Crippen molar-refractivity contribution < 1.29 is 42.2 Å². The quantitative estimate of drug-likeness (QED) is 0.135. The van der Waals surface area contributed by atoms with Crippen molar-refractivity contribution in [2.24, 2.45) is 5.41 Å². The van der Waals surface area contributed by atoms with E-state index in [2.05, 4.69) is 5.09 Å². The largest absolute Gasteiger partial charge is 0.462 e. The summed E-state index contributed by atoms with van der Waals surface area (Å²) in [7, 11) is -4.35. The lowest BCUT2D eigenvalue weighted by atomic mass is 10.00. The average molecular weight is 618 g/mol. The van der Waals surface area contributed by atoms with Crippen LogP contribution in [-0.2, 0) is 32.7 Å². The van der Waals surface area contributed by atoms with Crippen LogP contribution in [0.5, 0.6) is 0 Å². The highest BCUT2D eigenvalue weighted by atomic mass is 35.5. The van der Waals surface area contributed by atoms with Crippen LogP contribution in [0, 0.1) is 5.41 Å². The van der Waals surface area contributed by atoms with Crippen molar-refractivity contribution in [1.82, 2.24) is 14.6 Å². The molecule has 1 saturated heterocycles. The number of H-pyrrole nitrogens is 1. The summed E-state index contributed by atoms with van der Waals surface area (Å²) in [5, 5.41) is 9.70. The van der Waals surface area contributed by atoms with E-state index in [0.29, 0.717) is 4.57 Å². The monoisotopic (exact) mass is 617 g/mol. The Kier molecular flexibility index (Phi) is 11.5. The molecule has 1 aromatic rings. The summed E-state index contributed by atoms with van der Waals surface area (Å²) in [6.45, 7) is 8.83. The maximum atomic E-state index is 15.2. The Morgan fingerprint density at radius 1 is 1.33 bits per heavy atom. The number of aromatic amines is 1. The second-order valence-corrected chi connectivity index (χ2v) is 13.4. The van der Waals surface area contributed by atoms with Gasteiger partial charge in [0.15, 0.2) is 11.3 Å². The predicted molar refractivity (Wildman–Crippen MR) is 141 cm³/mol. The van der Waals surface area contributed by atoms with Crippen LogP contribution in [0.1, 0.15) is 47.8 Å². The highest BCUT2D eigenvalue weighted by molar-refractivity contribution is 8.13. The third-order valence-corrected chi connectivity index (χ3v) is 8.51. The van der Waals surface area contributed by atoms with E-state index in [4.69, 9.17) is 30.1 Å². The number of hydrogen-bond acceptors (Lipinski definition) is 11. The van der Waals surface area contributed by atoms with Crippen LogP contribution >= 0.6 is 31.1 Å². The fourth-order valence-corrected chi connectivity index (χ4v) is 5.82. The molecule has 1 aliphatic heterocycles. The van der Waals surface area contributed by atoms with Crippen molar-refractivity contribution >= 4 is 42.2 Å². The lowest BCUT2D eigenvalue weighted by Crippen LogP contribution is -2.42. The SMILES string of the molecule is CC(C)OC(=O)[C@H](C)NP(=O)(OCCSC(=O)C(C)(C)C)OC[C@H]1O[C@@H](n2ccc(=O)[nH]c2=O)[C@@](F)(Cl)[C@@H]1O. The first kappa shape index (κ1) is 33.6. The third-order valence-electron chi connectivity index (χ3n) is 5.14. The molecule has 0 spiro atoms. The molecular formula is C22H34ClFN3O10PS. The minimum Gasteiger partial charge on any atom is -0.462 e. The van der Waals surface area contributed by atoms with Gasteiger partial charge in [-0.2, -0.15) is 0 Å². The Labute approximate surface area is 233 Å². The summed E-state index contributed by atoms with van der Waals surface area (Å²) < 4.78 is 50.6. The molecule has 2 rings (SSSR count). The number of rotatable bonds is 12. The van der Waals surface area contributed by atoms with Gasteiger partial charge in [0.1, 0.15) is 18.2 Å². The fraction of sp³-hybridized carbons (Fsp3) is 0.727.